The number of hydrogen-bond acceptors (Lipinski definition) is 3. The van der Waals surface area contributed by atoms with Crippen molar-refractivity contribution < 1.29 is 5.11 Å². The Hall–Kier alpha value is 0.460. The van der Waals surface area contributed by atoms with E-state index in [-0.39, 0.29) is 31.4 Å². The van der Waals surface area contributed by atoms with Gasteiger partial charge in [0.15, 0.2) is 0 Å². The number of likely N-dealkylation sites (tertiary alicyclic amines) is 1. The van der Waals surface area contributed by atoms with Crippen LogP contribution in [0.25, 0.3) is 0 Å². The number of β-amino-alcohol motifs (C(OH)–C–C–N with tert-alkyl or cyclic N) is 1. The van der Waals surface area contributed by atoms with Crippen molar-refractivity contribution in [2.45, 2.75) is 18.9 Å². The second-order valence-electron chi connectivity index (χ2n) is 2.93. The number of aliphatic hydroxyl groups is 1. The second-order valence-corrected chi connectivity index (χ2v) is 2.93. The lowest BCUT2D eigenvalue weighted by Crippen LogP contribution is -2.43. The fourth-order valence-corrected chi connectivity index (χ4v) is 1.44. The Labute approximate surface area is 86.1 Å². The number of nitrogens with two attached hydrogens (primary N) is 1. The standard InChI is InChI=1S/C7H16N2O.2ClH/c8-7-2-1-3-9(6-7)4-5-10;;/h7,10H,1-6,8H2;2*1H/t7-;;/m1../s1. The van der Waals surface area contributed by atoms with Crippen LogP contribution in [0.3, 0.4) is 0 Å². The van der Waals surface area contributed by atoms with Crippen LogP contribution in [0.5, 0.6) is 0 Å². The SMILES string of the molecule is Cl.Cl.N[C@@H]1CCCN(CCO)C1. The van der Waals surface area contributed by atoms with Crippen LogP contribution in [0.15, 0.2) is 0 Å². The maximum atomic E-state index is 8.62. The van der Waals surface area contributed by atoms with E-state index in [2.05, 4.69) is 4.90 Å². The van der Waals surface area contributed by atoms with Crippen molar-refractivity contribution in [1.82, 2.24) is 4.90 Å². The number of rotatable bonds is 2. The smallest absolute Gasteiger partial charge is 0.0558 e. The van der Waals surface area contributed by atoms with Gasteiger partial charge >= 0.3 is 0 Å². The highest BCUT2D eigenvalue weighted by molar-refractivity contribution is 5.85. The molecule has 0 saturated carbocycles. The Balaban J connectivity index is 0. The normalized spacial score (nSPS) is 24.0. The first-order valence-electron chi connectivity index (χ1n) is 3.91. The van der Waals surface area contributed by atoms with Gasteiger partial charge in [0.05, 0.1) is 6.61 Å². The van der Waals surface area contributed by atoms with Crippen molar-refractivity contribution in [3.8, 4) is 0 Å². The van der Waals surface area contributed by atoms with E-state index < -0.39 is 0 Å². The van der Waals surface area contributed by atoms with Crippen molar-refractivity contribution >= 4 is 24.8 Å². The van der Waals surface area contributed by atoms with E-state index in [0.717, 1.165) is 26.1 Å². The molecule has 3 N–H and O–H groups in total. The lowest BCUT2D eigenvalue weighted by Gasteiger charge is -2.29. The van der Waals surface area contributed by atoms with E-state index in [1.54, 1.807) is 0 Å². The number of aliphatic hydroxyl groups excluding tert-OH is 1. The summed E-state index contributed by atoms with van der Waals surface area (Å²) in [5.74, 6) is 0. The van der Waals surface area contributed by atoms with E-state index in [0.29, 0.717) is 6.04 Å². The molecule has 0 aromatic rings. The predicted octanol–water partition coefficient (Wildman–Crippen LogP) is 0.245. The molecule has 76 valence electrons. The molecular weight excluding hydrogens is 199 g/mol. The summed E-state index contributed by atoms with van der Waals surface area (Å²) in [7, 11) is 0. The van der Waals surface area contributed by atoms with Crippen molar-refractivity contribution in [1.29, 1.82) is 0 Å². The molecular formula is C7H18Cl2N2O. The summed E-state index contributed by atoms with van der Waals surface area (Å²) < 4.78 is 0. The maximum Gasteiger partial charge on any atom is 0.0558 e. The fraction of sp³-hybridized carbons (Fsp3) is 1.00. The van der Waals surface area contributed by atoms with Gasteiger partial charge in [-0.1, -0.05) is 0 Å². The number of hydrogen-bond donors (Lipinski definition) is 2. The average molecular weight is 217 g/mol. The fourth-order valence-electron chi connectivity index (χ4n) is 1.44. The first kappa shape index (κ1) is 15.0. The van der Waals surface area contributed by atoms with Gasteiger partial charge in [0.25, 0.3) is 0 Å². The molecule has 12 heavy (non-hydrogen) atoms. The average Bonchev–Trinajstić information content (AvgIpc) is 1.88. The summed E-state index contributed by atoms with van der Waals surface area (Å²) in [5, 5.41) is 8.62. The molecule has 0 bridgehead atoms. The zero-order chi connectivity index (χ0) is 7.40. The quantitative estimate of drug-likeness (QED) is 0.696. The highest BCUT2D eigenvalue weighted by atomic mass is 35.5. The molecule has 1 heterocycles. The van der Waals surface area contributed by atoms with Gasteiger partial charge in [-0.2, -0.15) is 0 Å². The zero-order valence-electron chi connectivity index (χ0n) is 7.11. The molecule has 1 aliphatic heterocycles. The van der Waals surface area contributed by atoms with Crippen molar-refractivity contribution in [2.24, 2.45) is 5.73 Å². The molecule has 1 atom stereocenters. The van der Waals surface area contributed by atoms with Gasteiger partial charge < -0.3 is 10.8 Å². The van der Waals surface area contributed by atoms with Gasteiger partial charge in [-0.25, -0.2) is 0 Å². The summed E-state index contributed by atoms with van der Waals surface area (Å²) in [6, 6.07) is 0.334. The lowest BCUT2D eigenvalue weighted by atomic mass is 10.1. The number of nitrogens with zero attached hydrogens (tertiary/aromatic N) is 1. The van der Waals surface area contributed by atoms with Crippen LogP contribution in [-0.2, 0) is 0 Å². The van der Waals surface area contributed by atoms with Crippen LogP contribution >= 0.6 is 24.8 Å². The molecule has 1 saturated heterocycles. The molecule has 0 aromatic carbocycles. The zero-order valence-corrected chi connectivity index (χ0v) is 8.74. The molecule has 0 spiro atoms. The molecule has 0 aliphatic carbocycles. The molecule has 0 amide bonds. The Morgan fingerprint density at radius 2 is 2.08 bits per heavy atom. The van der Waals surface area contributed by atoms with Crippen molar-refractivity contribution in [2.75, 3.05) is 26.2 Å². The molecule has 1 aliphatic rings. The van der Waals surface area contributed by atoms with Gasteiger partial charge in [0.1, 0.15) is 0 Å². The lowest BCUT2D eigenvalue weighted by molar-refractivity contribution is 0.162. The van der Waals surface area contributed by atoms with Gasteiger partial charge in [-0.15, -0.1) is 24.8 Å². The first-order chi connectivity index (χ1) is 4.83. The van der Waals surface area contributed by atoms with Crippen molar-refractivity contribution in [3.63, 3.8) is 0 Å². The number of halogens is 2. The molecule has 1 fully saturated rings. The van der Waals surface area contributed by atoms with E-state index in [9.17, 15) is 0 Å². The van der Waals surface area contributed by atoms with Crippen LogP contribution in [0.4, 0.5) is 0 Å². The van der Waals surface area contributed by atoms with Gasteiger partial charge in [0.2, 0.25) is 0 Å². The molecule has 0 radical (unpaired) electrons. The minimum absolute atomic E-state index is 0. The molecule has 3 nitrogen and oxygen atoms in total. The topological polar surface area (TPSA) is 49.5 Å². The number of piperidine rings is 1. The van der Waals surface area contributed by atoms with Crippen molar-refractivity contribution in [3.05, 3.63) is 0 Å². The highest BCUT2D eigenvalue weighted by Gasteiger charge is 2.14. The molecule has 0 aromatic heterocycles. The summed E-state index contributed by atoms with van der Waals surface area (Å²) in [4.78, 5) is 2.22. The monoisotopic (exact) mass is 216 g/mol. The third kappa shape index (κ3) is 5.17. The Morgan fingerprint density at radius 3 is 2.58 bits per heavy atom. The Morgan fingerprint density at radius 1 is 1.42 bits per heavy atom. The van der Waals surface area contributed by atoms with Crippen LogP contribution in [0.1, 0.15) is 12.8 Å². The van der Waals surface area contributed by atoms with E-state index in [1.165, 1.54) is 6.42 Å². The Kier molecular flexibility index (Phi) is 10.1. The largest absolute Gasteiger partial charge is 0.395 e. The van der Waals surface area contributed by atoms with Crippen LogP contribution in [0, 0.1) is 0 Å². The first-order valence-corrected chi connectivity index (χ1v) is 3.91. The molecule has 5 heteroatoms. The van der Waals surface area contributed by atoms with Crippen LogP contribution in [-0.4, -0.2) is 42.3 Å². The van der Waals surface area contributed by atoms with E-state index in [1.807, 2.05) is 0 Å². The molecule has 0 unspecified atom stereocenters. The third-order valence-corrected chi connectivity index (χ3v) is 1.96. The van der Waals surface area contributed by atoms with Gasteiger partial charge in [-0.3, -0.25) is 4.90 Å². The summed E-state index contributed by atoms with van der Waals surface area (Å²) in [6.45, 7) is 3.11. The third-order valence-electron chi connectivity index (χ3n) is 1.96. The van der Waals surface area contributed by atoms with Crippen LogP contribution < -0.4 is 5.73 Å². The Bertz CT molecular complexity index is 103. The summed E-state index contributed by atoms with van der Waals surface area (Å²) >= 11 is 0. The highest BCUT2D eigenvalue weighted by Crippen LogP contribution is 2.06. The second kappa shape index (κ2) is 8.08. The minimum atomic E-state index is 0. The van der Waals surface area contributed by atoms with E-state index >= 15 is 0 Å². The maximum absolute atomic E-state index is 8.62. The van der Waals surface area contributed by atoms with E-state index in [4.69, 9.17) is 10.8 Å². The summed E-state index contributed by atoms with van der Waals surface area (Å²) in [6.07, 6.45) is 2.32. The predicted molar refractivity (Wildman–Crippen MR) is 55.2 cm³/mol. The minimum Gasteiger partial charge on any atom is -0.395 e. The van der Waals surface area contributed by atoms with Gasteiger partial charge in [0, 0.05) is 19.1 Å². The van der Waals surface area contributed by atoms with Gasteiger partial charge in [-0.05, 0) is 19.4 Å². The molecule has 1 rings (SSSR count). The summed E-state index contributed by atoms with van der Waals surface area (Å²) in [5.41, 5.74) is 5.73. The van der Waals surface area contributed by atoms with Crippen LogP contribution in [0.2, 0.25) is 0 Å².